The molecule has 2 aliphatic heterocycles. The molecule has 3 fully saturated rings. The summed E-state index contributed by atoms with van der Waals surface area (Å²) < 4.78 is 7.75. The minimum atomic E-state index is -0.248. The lowest BCUT2D eigenvalue weighted by atomic mass is 9.71. The number of carbonyl (C=O) groups is 1. The number of hydrogen-bond donors (Lipinski definition) is 2. The Morgan fingerprint density at radius 3 is 2.60 bits per heavy atom. The third-order valence-corrected chi connectivity index (χ3v) is 9.84. The highest BCUT2D eigenvalue weighted by molar-refractivity contribution is 6.05. The Labute approximate surface area is 237 Å². The molecule has 1 spiro atoms. The highest BCUT2D eigenvalue weighted by Gasteiger charge is 2.35. The van der Waals surface area contributed by atoms with Crippen LogP contribution in [-0.2, 0) is 0 Å². The molecule has 40 heavy (non-hydrogen) atoms. The standard InChI is InChI=1S/C32H44N6O2/c1-23-4-3-5-27(34-23)31(39)35-29-20-25-22-38(36-28(25)21-30(29)40-2)26-8-6-24(7-9-26)10-17-37-18-13-32(14-19-37)11-15-33-16-12-32/h3-5,20-22,24,26,33H,6-19H2,1-2H3,(H,35,39). The van der Waals surface area contributed by atoms with Gasteiger partial charge < -0.3 is 20.3 Å². The molecule has 1 amide bonds. The van der Waals surface area contributed by atoms with Crippen LogP contribution in [0.5, 0.6) is 5.75 Å². The summed E-state index contributed by atoms with van der Waals surface area (Å²) in [6, 6.07) is 9.75. The molecule has 2 aromatic heterocycles. The number of anilines is 1. The molecule has 1 saturated carbocycles. The summed E-state index contributed by atoms with van der Waals surface area (Å²) >= 11 is 0. The molecule has 2 N–H and O–H groups in total. The molecular formula is C32H44N6O2. The van der Waals surface area contributed by atoms with Crippen LogP contribution >= 0.6 is 0 Å². The smallest absolute Gasteiger partial charge is 0.274 e. The molecule has 6 rings (SSSR count). The van der Waals surface area contributed by atoms with Gasteiger partial charge in [-0.05, 0) is 127 Å². The Bertz CT molecular complexity index is 1310. The van der Waals surface area contributed by atoms with Crippen molar-refractivity contribution >= 4 is 22.5 Å². The van der Waals surface area contributed by atoms with Gasteiger partial charge in [-0.1, -0.05) is 6.07 Å². The third kappa shape index (κ3) is 6.03. The Hall–Kier alpha value is -2.97. The van der Waals surface area contributed by atoms with E-state index in [9.17, 15) is 4.79 Å². The molecule has 214 valence electrons. The first-order chi connectivity index (χ1) is 19.5. The van der Waals surface area contributed by atoms with Crippen LogP contribution in [0.2, 0.25) is 0 Å². The second kappa shape index (κ2) is 11.9. The number of ether oxygens (including phenoxy) is 1. The largest absolute Gasteiger partial charge is 0.494 e. The van der Waals surface area contributed by atoms with E-state index in [-0.39, 0.29) is 5.91 Å². The number of nitrogens with one attached hydrogen (secondary N) is 2. The number of likely N-dealkylation sites (tertiary alicyclic amines) is 1. The third-order valence-electron chi connectivity index (χ3n) is 9.84. The molecule has 3 aromatic rings. The predicted molar refractivity (Wildman–Crippen MR) is 159 cm³/mol. The Morgan fingerprint density at radius 1 is 1.10 bits per heavy atom. The molecule has 0 atom stereocenters. The first-order valence-electron chi connectivity index (χ1n) is 15.3. The lowest BCUT2D eigenvalue weighted by Crippen LogP contribution is -2.45. The number of nitrogens with zero attached hydrogens (tertiary/aromatic N) is 4. The van der Waals surface area contributed by atoms with Crippen molar-refractivity contribution in [1.82, 2.24) is 25.0 Å². The molecular weight excluding hydrogens is 500 g/mol. The highest BCUT2D eigenvalue weighted by Crippen LogP contribution is 2.40. The quantitative estimate of drug-likeness (QED) is 0.404. The van der Waals surface area contributed by atoms with Crippen molar-refractivity contribution < 1.29 is 9.53 Å². The van der Waals surface area contributed by atoms with E-state index in [1.807, 2.05) is 31.2 Å². The van der Waals surface area contributed by atoms with Crippen molar-refractivity contribution in [3.63, 3.8) is 0 Å². The van der Waals surface area contributed by atoms with Gasteiger partial charge in [0.05, 0.1) is 24.4 Å². The SMILES string of the molecule is COc1cc2nn(C3CCC(CCN4CCC5(CCNCC5)CC4)CC3)cc2cc1NC(=O)c1cccc(C)n1. The Morgan fingerprint density at radius 2 is 1.88 bits per heavy atom. The maximum atomic E-state index is 12.8. The minimum absolute atomic E-state index is 0.248. The zero-order valence-electron chi connectivity index (χ0n) is 24.1. The Kier molecular flexibility index (Phi) is 8.08. The monoisotopic (exact) mass is 544 g/mol. The molecule has 3 aliphatic rings. The van der Waals surface area contributed by atoms with Gasteiger partial charge in [0.1, 0.15) is 11.4 Å². The zero-order chi connectivity index (χ0) is 27.5. The number of aromatic nitrogens is 3. The van der Waals surface area contributed by atoms with Crippen molar-refractivity contribution in [3.8, 4) is 5.75 Å². The van der Waals surface area contributed by atoms with Gasteiger partial charge in [-0.3, -0.25) is 9.48 Å². The number of benzene rings is 1. The molecule has 2 saturated heterocycles. The van der Waals surface area contributed by atoms with Gasteiger partial charge in [0.2, 0.25) is 0 Å². The summed E-state index contributed by atoms with van der Waals surface area (Å²) in [6.07, 6.45) is 13.9. The fraction of sp³-hybridized carbons (Fsp3) is 0.594. The first kappa shape index (κ1) is 27.2. The van der Waals surface area contributed by atoms with E-state index in [2.05, 4.69) is 31.4 Å². The molecule has 8 nitrogen and oxygen atoms in total. The molecule has 1 aliphatic carbocycles. The van der Waals surface area contributed by atoms with E-state index in [4.69, 9.17) is 9.84 Å². The summed E-state index contributed by atoms with van der Waals surface area (Å²) in [5, 5.41) is 12.4. The van der Waals surface area contributed by atoms with Crippen LogP contribution in [0.3, 0.4) is 0 Å². The van der Waals surface area contributed by atoms with Crippen molar-refractivity contribution in [2.75, 3.05) is 45.2 Å². The van der Waals surface area contributed by atoms with Crippen molar-refractivity contribution in [3.05, 3.63) is 47.9 Å². The number of carbonyl (C=O) groups excluding carboxylic acids is 1. The molecule has 0 bridgehead atoms. The van der Waals surface area contributed by atoms with Crippen LogP contribution in [0.25, 0.3) is 10.9 Å². The second-order valence-corrected chi connectivity index (χ2v) is 12.4. The molecule has 0 unspecified atom stereocenters. The number of amides is 1. The van der Waals surface area contributed by atoms with E-state index in [1.165, 1.54) is 90.5 Å². The minimum Gasteiger partial charge on any atom is -0.494 e. The van der Waals surface area contributed by atoms with Crippen LogP contribution in [0.15, 0.2) is 36.5 Å². The van der Waals surface area contributed by atoms with E-state index in [0.717, 1.165) is 22.5 Å². The number of rotatable bonds is 7. The first-order valence-corrected chi connectivity index (χ1v) is 15.3. The molecule has 8 heteroatoms. The number of pyridine rings is 1. The van der Waals surface area contributed by atoms with E-state index in [1.54, 1.807) is 13.2 Å². The summed E-state index contributed by atoms with van der Waals surface area (Å²) in [7, 11) is 1.62. The maximum Gasteiger partial charge on any atom is 0.274 e. The predicted octanol–water partition coefficient (Wildman–Crippen LogP) is 5.59. The van der Waals surface area contributed by atoms with E-state index in [0.29, 0.717) is 28.6 Å². The van der Waals surface area contributed by atoms with Crippen molar-refractivity contribution in [1.29, 1.82) is 0 Å². The van der Waals surface area contributed by atoms with E-state index < -0.39 is 0 Å². The number of piperidine rings is 2. The number of aryl methyl sites for hydroxylation is 1. The average Bonchev–Trinajstić information content (AvgIpc) is 3.40. The van der Waals surface area contributed by atoms with Crippen LogP contribution in [0, 0.1) is 18.3 Å². The van der Waals surface area contributed by atoms with Crippen molar-refractivity contribution in [2.24, 2.45) is 11.3 Å². The fourth-order valence-electron chi connectivity index (χ4n) is 7.15. The zero-order valence-corrected chi connectivity index (χ0v) is 24.1. The molecule has 1 aromatic carbocycles. The normalized spacial score (nSPS) is 23.4. The number of hydrogen-bond acceptors (Lipinski definition) is 6. The highest BCUT2D eigenvalue weighted by atomic mass is 16.5. The number of fused-ring (bicyclic) bond motifs is 1. The Balaban J connectivity index is 1.03. The van der Waals surface area contributed by atoms with Gasteiger partial charge >= 0.3 is 0 Å². The molecule has 4 heterocycles. The van der Waals surface area contributed by atoms with Gasteiger partial charge in [-0.25, -0.2) is 4.98 Å². The summed E-state index contributed by atoms with van der Waals surface area (Å²) in [4.78, 5) is 19.9. The van der Waals surface area contributed by atoms with Crippen LogP contribution in [-0.4, -0.2) is 65.4 Å². The van der Waals surface area contributed by atoms with Gasteiger partial charge in [-0.15, -0.1) is 0 Å². The lowest BCUT2D eigenvalue weighted by molar-refractivity contribution is 0.0690. The van der Waals surface area contributed by atoms with Crippen LogP contribution < -0.4 is 15.4 Å². The summed E-state index contributed by atoms with van der Waals surface area (Å²) in [5.41, 5.74) is 3.36. The fourth-order valence-corrected chi connectivity index (χ4v) is 7.15. The second-order valence-electron chi connectivity index (χ2n) is 12.4. The number of methoxy groups -OCH3 is 1. The van der Waals surface area contributed by atoms with E-state index >= 15 is 0 Å². The van der Waals surface area contributed by atoms with Gasteiger partial charge in [0.15, 0.2) is 0 Å². The van der Waals surface area contributed by atoms with Crippen LogP contribution in [0.4, 0.5) is 5.69 Å². The average molecular weight is 545 g/mol. The lowest BCUT2D eigenvalue weighted by Gasteiger charge is -2.44. The van der Waals surface area contributed by atoms with Gasteiger partial charge in [0.25, 0.3) is 5.91 Å². The molecule has 0 radical (unpaired) electrons. The topological polar surface area (TPSA) is 84.3 Å². The van der Waals surface area contributed by atoms with Crippen LogP contribution in [0.1, 0.15) is 80.0 Å². The summed E-state index contributed by atoms with van der Waals surface area (Å²) in [6.45, 7) is 8.16. The summed E-state index contributed by atoms with van der Waals surface area (Å²) in [5.74, 6) is 1.18. The maximum absolute atomic E-state index is 12.8. The van der Waals surface area contributed by atoms with Gasteiger partial charge in [0, 0.05) is 23.3 Å². The van der Waals surface area contributed by atoms with Gasteiger partial charge in [-0.2, -0.15) is 5.10 Å². The van der Waals surface area contributed by atoms with Crippen molar-refractivity contribution in [2.45, 2.75) is 70.8 Å².